The summed E-state index contributed by atoms with van der Waals surface area (Å²) in [4.78, 5) is 19.6. The lowest BCUT2D eigenvalue weighted by atomic mass is 9.63. The SMILES string of the molecule is CC(C)(C)OC(=O)CCCN1CCC(c2nc(-c3ccc4c(c3)C(C)(C)CCC4(C)C)cs2)CC1. The number of hydrogen-bond acceptors (Lipinski definition) is 5. The van der Waals surface area contributed by atoms with Crippen molar-refractivity contribution in [3.05, 3.63) is 39.7 Å². The van der Waals surface area contributed by atoms with E-state index in [4.69, 9.17) is 9.72 Å². The van der Waals surface area contributed by atoms with Gasteiger partial charge in [-0.3, -0.25) is 4.79 Å². The predicted octanol–water partition coefficient (Wildman–Crippen LogP) is 7.46. The molecule has 4 nitrogen and oxygen atoms in total. The molecule has 2 heterocycles. The minimum absolute atomic E-state index is 0.0863. The van der Waals surface area contributed by atoms with E-state index in [2.05, 4.69) is 56.2 Å². The fourth-order valence-electron chi connectivity index (χ4n) is 5.60. The van der Waals surface area contributed by atoms with Crippen LogP contribution in [0.15, 0.2) is 23.6 Å². The van der Waals surface area contributed by atoms with E-state index in [1.807, 2.05) is 32.1 Å². The average molecular weight is 497 g/mol. The molecular formula is C30H44N2O2S. The Morgan fingerprint density at radius 1 is 1.09 bits per heavy atom. The largest absolute Gasteiger partial charge is 0.460 e. The lowest BCUT2D eigenvalue weighted by Crippen LogP contribution is -2.34. The van der Waals surface area contributed by atoms with Gasteiger partial charge in [0, 0.05) is 23.3 Å². The van der Waals surface area contributed by atoms with Crippen molar-refractivity contribution in [2.45, 2.75) is 109 Å². The van der Waals surface area contributed by atoms with Gasteiger partial charge >= 0.3 is 5.97 Å². The second-order valence-electron chi connectivity index (χ2n) is 12.9. The van der Waals surface area contributed by atoms with Crippen LogP contribution < -0.4 is 0 Å². The van der Waals surface area contributed by atoms with Crippen molar-refractivity contribution < 1.29 is 9.53 Å². The summed E-state index contributed by atoms with van der Waals surface area (Å²) < 4.78 is 5.43. The van der Waals surface area contributed by atoms with Crippen LogP contribution in [0, 0.1) is 0 Å². The van der Waals surface area contributed by atoms with E-state index in [9.17, 15) is 4.79 Å². The summed E-state index contributed by atoms with van der Waals surface area (Å²) in [5, 5.41) is 3.54. The van der Waals surface area contributed by atoms with Gasteiger partial charge in [-0.05, 0) is 101 Å². The van der Waals surface area contributed by atoms with E-state index < -0.39 is 5.60 Å². The second kappa shape index (κ2) is 9.97. The number of hydrogen-bond donors (Lipinski definition) is 0. The molecule has 1 saturated heterocycles. The molecule has 0 unspecified atom stereocenters. The van der Waals surface area contributed by atoms with Crippen LogP contribution in [0.25, 0.3) is 11.3 Å². The van der Waals surface area contributed by atoms with E-state index in [-0.39, 0.29) is 16.8 Å². The molecule has 2 aliphatic rings. The molecule has 0 spiro atoms. The number of aromatic nitrogens is 1. The summed E-state index contributed by atoms with van der Waals surface area (Å²) in [6, 6.07) is 7.07. The van der Waals surface area contributed by atoms with Crippen molar-refractivity contribution in [2.24, 2.45) is 0 Å². The Balaban J connectivity index is 1.34. The first-order valence-electron chi connectivity index (χ1n) is 13.4. The summed E-state index contributed by atoms with van der Waals surface area (Å²) in [6.07, 6.45) is 6.13. The third-order valence-electron chi connectivity index (χ3n) is 7.88. The average Bonchev–Trinajstić information content (AvgIpc) is 3.26. The van der Waals surface area contributed by atoms with Crippen LogP contribution in [0.1, 0.15) is 109 Å². The highest BCUT2D eigenvalue weighted by Crippen LogP contribution is 2.47. The van der Waals surface area contributed by atoms with Gasteiger partial charge in [0.15, 0.2) is 0 Å². The smallest absolute Gasteiger partial charge is 0.306 e. The number of esters is 1. The molecule has 0 bridgehead atoms. The summed E-state index contributed by atoms with van der Waals surface area (Å²) >= 11 is 1.83. The third kappa shape index (κ3) is 6.35. The summed E-state index contributed by atoms with van der Waals surface area (Å²) in [6.45, 7) is 18.4. The summed E-state index contributed by atoms with van der Waals surface area (Å²) in [5.74, 6) is 0.459. The fraction of sp³-hybridized carbons (Fsp3) is 0.667. The van der Waals surface area contributed by atoms with Gasteiger partial charge in [-0.1, -0.05) is 39.8 Å². The van der Waals surface area contributed by atoms with Gasteiger partial charge in [0.2, 0.25) is 0 Å². The van der Waals surface area contributed by atoms with E-state index in [1.165, 1.54) is 34.5 Å². The number of likely N-dealkylation sites (tertiary alicyclic amines) is 1. The number of piperidine rings is 1. The third-order valence-corrected chi connectivity index (χ3v) is 8.89. The van der Waals surface area contributed by atoms with Crippen molar-refractivity contribution >= 4 is 17.3 Å². The molecule has 0 saturated carbocycles. The van der Waals surface area contributed by atoms with Crippen LogP contribution in [0.4, 0.5) is 0 Å². The Kier molecular flexibility index (Phi) is 7.51. The maximum atomic E-state index is 12.0. The molecule has 5 heteroatoms. The second-order valence-corrected chi connectivity index (χ2v) is 13.8. The Bertz CT molecular complexity index is 1040. The van der Waals surface area contributed by atoms with E-state index in [0.717, 1.165) is 44.6 Å². The normalized spacial score (nSPS) is 20.4. The van der Waals surface area contributed by atoms with Crippen molar-refractivity contribution in [3.8, 4) is 11.3 Å². The lowest BCUT2D eigenvalue weighted by molar-refractivity contribution is -0.155. The number of ether oxygens (including phenoxy) is 1. The lowest BCUT2D eigenvalue weighted by Gasteiger charge is -2.42. The first-order chi connectivity index (χ1) is 16.3. The maximum absolute atomic E-state index is 12.0. The molecule has 1 aliphatic heterocycles. The molecule has 0 amide bonds. The van der Waals surface area contributed by atoms with Crippen LogP contribution in [-0.4, -0.2) is 41.1 Å². The summed E-state index contributed by atoms with van der Waals surface area (Å²) in [7, 11) is 0. The number of thiazole rings is 1. The minimum atomic E-state index is -0.395. The molecular weight excluding hydrogens is 452 g/mol. The zero-order chi connectivity index (χ0) is 25.4. The van der Waals surface area contributed by atoms with Gasteiger partial charge < -0.3 is 9.64 Å². The van der Waals surface area contributed by atoms with Crippen LogP contribution in [0.3, 0.4) is 0 Å². The van der Waals surface area contributed by atoms with Gasteiger partial charge in [0.1, 0.15) is 5.60 Å². The van der Waals surface area contributed by atoms with Gasteiger partial charge in [-0.15, -0.1) is 11.3 Å². The number of fused-ring (bicyclic) bond motifs is 1. The maximum Gasteiger partial charge on any atom is 0.306 e. The zero-order valence-electron chi connectivity index (χ0n) is 22.9. The van der Waals surface area contributed by atoms with E-state index in [1.54, 1.807) is 0 Å². The Morgan fingerprint density at radius 2 is 1.74 bits per heavy atom. The molecule has 1 aromatic heterocycles. The van der Waals surface area contributed by atoms with Crippen molar-refractivity contribution in [3.63, 3.8) is 0 Å². The van der Waals surface area contributed by atoms with Gasteiger partial charge in [0.05, 0.1) is 10.7 Å². The quantitative estimate of drug-likeness (QED) is 0.389. The van der Waals surface area contributed by atoms with Crippen LogP contribution >= 0.6 is 11.3 Å². The monoisotopic (exact) mass is 496 g/mol. The predicted molar refractivity (Wildman–Crippen MR) is 146 cm³/mol. The van der Waals surface area contributed by atoms with Crippen LogP contribution in [-0.2, 0) is 20.4 Å². The van der Waals surface area contributed by atoms with E-state index >= 15 is 0 Å². The summed E-state index contributed by atoms with van der Waals surface area (Å²) in [5.41, 5.74) is 5.47. The molecule has 1 aromatic carbocycles. The highest BCUT2D eigenvalue weighted by molar-refractivity contribution is 7.10. The molecule has 35 heavy (non-hydrogen) atoms. The molecule has 1 fully saturated rings. The fourth-order valence-corrected chi connectivity index (χ4v) is 6.60. The molecule has 2 aromatic rings. The standard InChI is InChI=1S/C30H44N2O2S/c1-28(2,3)34-26(33)9-8-16-32-17-12-21(13-18-32)27-31-25(20-35-27)22-10-11-23-24(19-22)30(6,7)15-14-29(23,4)5/h10-11,19-21H,8-9,12-18H2,1-7H3. The highest BCUT2D eigenvalue weighted by Gasteiger charge is 2.37. The van der Waals surface area contributed by atoms with Gasteiger partial charge in [-0.25, -0.2) is 4.98 Å². The Labute approximate surface area is 216 Å². The number of carbonyl (C=O) groups is 1. The van der Waals surface area contributed by atoms with Gasteiger partial charge in [0.25, 0.3) is 0 Å². The van der Waals surface area contributed by atoms with Gasteiger partial charge in [-0.2, -0.15) is 0 Å². The highest BCUT2D eigenvalue weighted by atomic mass is 32.1. The van der Waals surface area contributed by atoms with Crippen molar-refractivity contribution in [1.29, 1.82) is 0 Å². The number of nitrogens with zero attached hydrogens (tertiary/aromatic N) is 2. The van der Waals surface area contributed by atoms with Crippen LogP contribution in [0.2, 0.25) is 0 Å². The number of rotatable bonds is 6. The topological polar surface area (TPSA) is 42.4 Å². The van der Waals surface area contributed by atoms with Crippen LogP contribution in [0.5, 0.6) is 0 Å². The molecule has 192 valence electrons. The first-order valence-corrected chi connectivity index (χ1v) is 14.3. The molecule has 1 aliphatic carbocycles. The number of carbonyl (C=O) groups excluding carboxylic acids is 1. The number of benzene rings is 1. The first kappa shape index (κ1) is 26.3. The van der Waals surface area contributed by atoms with E-state index in [0.29, 0.717) is 12.3 Å². The van der Waals surface area contributed by atoms with Crippen molar-refractivity contribution in [1.82, 2.24) is 9.88 Å². The minimum Gasteiger partial charge on any atom is -0.460 e. The molecule has 4 rings (SSSR count). The molecule has 0 N–H and O–H groups in total. The zero-order valence-corrected chi connectivity index (χ0v) is 23.7. The Morgan fingerprint density at radius 3 is 2.40 bits per heavy atom. The Hall–Kier alpha value is -1.72. The van der Waals surface area contributed by atoms with Crippen molar-refractivity contribution in [2.75, 3.05) is 19.6 Å². The molecule has 0 radical (unpaired) electrons. The molecule has 0 atom stereocenters.